The van der Waals surface area contributed by atoms with E-state index >= 15 is 0 Å². The molecule has 0 aliphatic carbocycles. The number of rotatable bonds is 7. The van der Waals surface area contributed by atoms with Crippen molar-refractivity contribution in [3.63, 3.8) is 0 Å². The van der Waals surface area contributed by atoms with E-state index in [1.54, 1.807) is 7.11 Å². The molecule has 0 amide bonds. The highest BCUT2D eigenvalue weighted by molar-refractivity contribution is 5.41. The van der Waals surface area contributed by atoms with Crippen molar-refractivity contribution in [3.8, 4) is 11.5 Å². The first-order valence-corrected chi connectivity index (χ1v) is 6.96. The van der Waals surface area contributed by atoms with Crippen LogP contribution in [0.5, 0.6) is 11.5 Å². The van der Waals surface area contributed by atoms with E-state index in [1.165, 1.54) is 25.9 Å². The quantitative estimate of drug-likeness (QED) is 0.704. The second-order valence-corrected chi connectivity index (χ2v) is 4.86. The fourth-order valence-electron chi connectivity index (χ4n) is 2.43. The van der Waals surface area contributed by atoms with Crippen LogP contribution in [0.1, 0.15) is 18.4 Å². The average molecular weight is 261 g/mol. The molecular formula is C16H23NO2. The molecule has 0 atom stereocenters. The second-order valence-electron chi connectivity index (χ2n) is 4.86. The van der Waals surface area contributed by atoms with Crippen LogP contribution in [-0.2, 0) is 6.42 Å². The van der Waals surface area contributed by atoms with Gasteiger partial charge in [-0.25, -0.2) is 0 Å². The van der Waals surface area contributed by atoms with Gasteiger partial charge < -0.3 is 9.47 Å². The van der Waals surface area contributed by atoms with Crippen molar-refractivity contribution in [1.82, 2.24) is 4.90 Å². The zero-order valence-corrected chi connectivity index (χ0v) is 11.7. The molecule has 0 aromatic heterocycles. The van der Waals surface area contributed by atoms with Crippen LogP contribution in [0.2, 0.25) is 0 Å². The molecule has 3 heteroatoms. The molecule has 0 spiro atoms. The van der Waals surface area contributed by atoms with Crippen molar-refractivity contribution in [1.29, 1.82) is 0 Å². The van der Waals surface area contributed by atoms with Gasteiger partial charge in [0.2, 0.25) is 0 Å². The van der Waals surface area contributed by atoms with E-state index in [4.69, 9.17) is 9.47 Å². The molecule has 0 radical (unpaired) electrons. The Morgan fingerprint density at radius 2 is 2.11 bits per heavy atom. The minimum atomic E-state index is 0.746. The Morgan fingerprint density at radius 3 is 2.79 bits per heavy atom. The summed E-state index contributed by atoms with van der Waals surface area (Å²) >= 11 is 0. The van der Waals surface area contributed by atoms with Gasteiger partial charge in [-0.2, -0.15) is 0 Å². The number of benzene rings is 1. The lowest BCUT2D eigenvalue weighted by Gasteiger charge is -2.16. The fourth-order valence-corrected chi connectivity index (χ4v) is 2.43. The van der Waals surface area contributed by atoms with Crippen LogP contribution >= 0.6 is 0 Å². The van der Waals surface area contributed by atoms with Gasteiger partial charge in [0.25, 0.3) is 0 Å². The average Bonchev–Trinajstić information content (AvgIpc) is 2.94. The second kappa shape index (κ2) is 7.19. The topological polar surface area (TPSA) is 21.7 Å². The van der Waals surface area contributed by atoms with E-state index in [0.29, 0.717) is 0 Å². The van der Waals surface area contributed by atoms with Crippen LogP contribution in [0, 0.1) is 0 Å². The Balaban J connectivity index is 1.91. The maximum absolute atomic E-state index is 5.91. The number of nitrogens with zero attached hydrogens (tertiary/aromatic N) is 1. The van der Waals surface area contributed by atoms with Gasteiger partial charge >= 0.3 is 0 Å². The monoisotopic (exact) mass is 261 g/mol. The molecule has 1 aliphatic rings. The highest BCUT2D eigenvalue weighted by Crippen LogP contribution is 2.25. The number of hydrogen-bond donors (Lipinski definition) is 0. The third-order valence-electron chi connectivity index (χ3n) is 3.50. The molecular weight excluding hydrogens is 238 g/mol. The first-order valence-electron chi connectivity index (χ1n) is 6.96. The first-order chi connectivity index (χ1) is 9.33. The van der Waals surface area contributed by atoms with E-state index in [1.807, 2.05) is 24.3 Å². The van der Waals surface area contributed by atoms with Crippen LogP contribution in [0.4, 0.5) is 0 Å². The standard InChI is InChI=1S/C16H23NO2/c1-3-6-14-13-15(18-2)7-8-16(14)19-12-11-17-9-4-5-10-17/h3,7-8,13H,1,4-6,9-12H2,2H3. The Morgan fingerprint density at radius 1 is 1.32 bits per heavy atom. The SMILES string of the molecule is C=CCc1cc(OC)ccc1OCCN1CCCC1. The summed E-state index contributed by atoms with van der Waals surface area (Å²) in [5, 5.41) is 0. The van der Waals surface area contributed by atoms with E-state index in [9.17, 15) is 0 Å². The summed E-state index contributed by atoms with van der Waals surface area (Å²) in [6, 6.07) is 5.95. The Bertz CT molecular complexity index is 411. The fraction of sp³-hybridized carbons (Fsp3) is 0.500. The van der Waals surface area contributed by atoms with E-state index in [0.717, 1.165) is 36.6 Å². The highest BCUT2D eigenvalue weighted by atomic mass is 16.5. The van der Waals surface area contributed by atoms with Crippen LogP contribution in [0.15, 0.2) is 30.9 Å². The van der Waals surface area contributed by atoms with E-state index < -0.39 is 0 Å². The van der Waals surface area contributed by atoms with Crippen LogP contribution in [0.3, 0.4) is 0 Å². The lowest BCUT2D eigenvalue weighted by atomic mass is 10.1. The molecule has 1 saturated heterocycles. The summed E-state index contributed by atoms with van der Waals surface area (Å²) < 4.78 is 11.1. The molecule has 0 N–H and O–H groups in total. The molecule has 1 fully saturated rings. The van der Waals surface area contributed by atoms with Gasteiger partial charge in [-0.1, -0.05) is 6.08 Å². The number of methoxy groups -OCH3 is 1. The molecule has 1 heterocycles. The van der Waals surface area contributed by atoms with Crippen LogP contribution in [0.25, 0.3) is 0 Å². The molecule has 3 nitrogen and oxygen atoms in total. The lowest BCUT2D eigenvalue weighted by Crippen LogP contribution is -2.25. The van der Waals surface area contributed by atoms with Gasteiger partial charge in [0.1, 0.15) is 18.1 Å². The third-order valence-corrected chi connectivity index (χ3v) is 3.50. The summed E-state index contributed by atoms with van der Waals surface area (Å²) in [5.41, 5.74) is 1.13. The lowest BCUT2D eigenvalue weighted by molar-refractivity contribution is 0.236. The molecule has 1 aliphatic heterocycles. The Labute approximate surface area is 115 Å². The number of likely N-dealkylation sites (tertiary alicyclic amines) is 1. The predicted octanol–water partition coefficient (Wildman–Crippen LogP) is 2.90. The summed E-state index contributed by atoms with van der Waals surface area (Å²) in [7, 11) is 1.68. The number of hydrogen-bond acceptors (Lipinski definition) is 3. The predicted molar refractivity (Wildman–Crippen MR) is 78.1 cm³/mol. The van der Waals surface area contributed by atoms with Crippen molar-refractivity contribution in [2.45, 2.75) is 19.3 Å². The van der Waals surface area contributed by atoms with Gasteiger partial charge in [-0.3, -0.25) is 4.90 Å². The van der Waals surface area contributed by atoms with Gasteiger partial charge in [0.05, 0.1) is 7.11 Å². The largest absolute Gasteiger partial charge is 0.497 e. The van der Waals surface area contributed by atoms with Gasteiger partial charge in [0.15, 0.2) is 0 Å². The molecule has 0 bridgehead atoms. The maximum Gasteiger partial charge on any atom is 0.123 e. The zero-order chi connectivity index (χ0) is 13.5. The van der Waals surface area contributed by atoms with Crippen LogP contribution < -0.4 is 9.47 Å². The summed E-state index contributed by atoms with van der Waals surface area (Å²) in [6.45, 7) is 7.98. The van der Waals surface area contributed by atoms with Crippen molar-refractivity contribution in [2.24, 2.45) is 0 Å². The number of allylic oxidation sites excluding steroid dienone is 1. The van der Waals surface area contributed by atoms with Gasteiger partial charge in [-0.05, 0) is 50.6 Å². The first kappa shape index (κ1) is 13.9. The van der Waals surface area contributed by atoms with Crippen molar-refractivity contribution >= 4 is 0 Å². The smallest absolute Gasteiger partial charge is 0.123 e. The van der Waals surface area contributed by atoms with E-state index in [-0.39, 0.29) is 0 Å². The molecule has 0 saturated carbocycles. The maximum atomic E-state index is 5.91. The summed E-state index contributed by atoms with van der Waals surface area (Å²) in [4.78, 5) is 2.46. The van der Waals surface area contributed by atoms with Crippen molar-refractivity contribution in [2.75, 3.05) is 33.4 Å². The minimum absolute atomic E-state index is 0.746. The Kier molecular flexibility index (Phi) is 5.28. The van der Waals surface area contributed by atoms with Crippen LogP contribution in [-0.4, -0.2) is 38.3 Å². The Hall–Kier alpha value is -1.48. The third kappa shape index (κ3) is 4.00. The normalized spacial score (nSPS) is 15.4. The molecule has 0 unspecified atom stereocenters. The molecule has 1 aromatic rings. The van der Waals surface area contributed by atoms with Gasteiger partial charge in [-0.15, -0.1) is 6.58 Å². The highest BCUT2D eigenvalue weighted by Gasteiger charge is 2.11. The number of ether oxygens (including phenoxy) is 2. The molecule has 19 heavy (non-hydrogen) atoms. The van der Waals surface area contributed by atoms with E-state index in [2.05, 4.69) is 11.5 Å². The molecule has 2 rings (SSSR count). The van der Waals surface area contributed by atoms with Gasteiger partial charge in [0, 0.05) is 12.1 Å². The molecule has 104 valence electrons. The van der Waals surface area contributed by atoms with Crippen molar-refractivity contribution in [3.05, 3.63) is 36.4 Å². The molecule has 1 aromatic carbocycles. The summed E-state index contributed by atoms with van der Waals surface area (Å²) in [6.07, 6.45) is 5.34. The summed E-state index contributed by atoms with van der Waals surface area (Å²) in [5.74, 6) is 1.81. The zero-order valence-electron chi connectivity index (χ0n) is 11.7. The minimum Gasteiger partial charge on any atom is -0.497 e. The van der Waals surface area contributed by atoms with Crippen molar-refractivity contribution < 1.29 is 9.47 Å².